The summed E-state index contributed by atoms with van der Waals surface area (Å²) in [5, 5.41) is 39.3. The van der Waals surface area contributed by atoms with Crippen LogP contribution in [-0.2, 0) is 10.5 Å². The van der Waals surface area contributed by atoms with Gasteiger partial charge in [-0.15, -0.1) is 0 Å². The van der Waals surface area contributed by atoms with Gasteiger partial charge in [0.25, 0.3) is 5.56 Å². The van der Waals surface area contributed by atoms with E-state index in [0.717, 1.165) is 6.33 Å². The van der Waals surface area contributed by atoms with Crippen molar-refractivity contribution in [3.8, 4) is 6.07 Å². The number of aliphatic hydroxyl groups is 3. The van der Waals surface area contributed by atoms with Gasteiger partial charge in [0.05, 0.1) is 31.2 Å². The quantitative estimate of drug-likeness (QED) is 0.507. The Morgan fingerprint density at radius 1 is 1.57 bits per heavy atom. The molecule has 2 aromatic heterocycles. The molecule has 23 heavy (non-hydrogen) atoms. The summed E-state index contributed by atoms with van der Waals surface area (Å²) in [6.45, 7) is 0.952. The number of imidazole rings is 1. The van der Waals surface area contributed by atoms with Crippen molar-refractivity contribution in [1.82, 2.24) is 19.5 Å². The van der Waals surface area contributed by atoms with E-state index in [-0.39, 0.29) is 11.2 Å². The second-order valence-electron chi connectivity index (χ2n) is 5.40. The molecule has 0 spiro atoms. The molecule has 2 aromatic rings. The van der Waals surface area contributed by atoms with E-state index in [4.69, 9.17) is 4.74 Å². The lowest BCUT2D eigenvalue weighted by Gasteiger charge is -2.35. The van der Waals surface area contributed by atoms with Gasteiger partial charge in [0.1, 0.15) is 18.3 Å². The van der Waals surface area contributed by atoms with Crippen LogP contribution in [0, 0.1) is 17.2 Å². The smallest absolute Gasteiger partial charge is 0.278 e. The van der Waals surface area contributed by atoms with E-state index in [0.29, 0.717) is 0 Å². The third-order valence-corrected chi connectivity index (χ3v) is 4.18. The number of aromatic amines is 1. The van der Waals surface area contributed by atoms with Crippen LogP contribution in [0.2, 0.25) is 0 Å². The van der Waals surface area contributed by atoms with Crippen LogP contribution in [0.25, 0.3) is 11.2 Å². The number of nitrogens with one attached hydrogen (secondary N) is 1. The van der Waals surface area contributed by atoms with E-state index in [1.807, 2.05) is 6.07 Å². The molecule has 4 N–H and O–H groups in total. The van der Waals surface area contributed by atoms with Crippen molar-refractivity contribution < 1.29 is 20.1 Å². The van der Waals surface area contributed by atoms with Crippen LogP contribution in [0.1, 0.15) is 6.92 Å². The fourth-order valence-electron chi connectivity index (χ4n) is 2.94. The molecule has 1 aliphatic rings. The largest absolute Gasteiger partial charge is 0.394 e. The number of aromatic nitrogens is 4. The number of nitriles is 1. The molecule has 1 aliphatic heterocycles. The molecular weight excluding hydrogens is 306 g/mol. The van der Waals surface area contributed by atoms with Crippen molar-refractivity contribution in [3.05, 3.63) is 23.0 Å². The summed E-state index contributed by atoms with van der Waals surface area (Å²) >= 11 is 0. The summed E-state index contributed by atoms with van der Waals surface area (Å²) in [4.78, 5) is 22.1. The number of hydrogen-bond acceptors (Lipinski definition) is 8. The predicted octanol–water partition coefficient (Wildman–Crippen LogP) is -1.96. The van der Waals surface area contributed by atoms with Crippen LogP contribution in [0.3, 0.4) is 0 Å². The van der Waals surface area contributed by atoms with E-state index in [9.17, 15) is 25.4 Å². The highest BCUT2D eigenvalue weighted by Crippen LogP contribution is 2.42. The van der Waals surface area contributed by atoms with Crippen molar-refractivity contribution in [2.45, 2.75) is 31.0 Å². The lowest BCUT2D eigenvalue weighted by atomic mass is 9.91. The second kappa shape index (κ2) is 5.39. The minimum atomic E-state index is -1.73. The summed E-state index contributed by atoms with van der Waals surface area (Å²) in [6.07, 6.45) is -1.63. The monoisotopic (exact) mass is 321 g/mol. The second-order valence-corrected chi connectivity index (χ2v) is 5.40. The fraction of sp³-hybridized carbons (Fsp3) is 0.538. The maximum Gasteiger partial charge on any atom is 0.278 e. The van der Waals surface area contributed by atoms with Gasteiger partial charge in [0.2, 0.25) is 0 Å². The third-order valence-electron chi connectivity index (χ3n) is 4.18. The number of rotatable bonds is 3. The number of nitrogens with zero attached hydrogens (tertiary/aromatic N) is 4. The van der Waals surface area contributed by atoms with Crippen molar-refractivity contribution in [2.24, 2.45) is 5.92 Å². The molecule has 0 radical (unpaired) electrons. The first kappa shape index (κ1) is 15.6. The summed E-state index contributed by atoms with van der Waals surface area (Å²) in [5.74, 6) is -0.929. The topological polar surface area (TPSA) is 157 Å². The molecule has 10 nitrogen and oxygen atoms in total. The van der Waals surface area contributed by atoms with Gasteiger partial charge in [-0.3, -0.25) is 9.36 Å². The molecular formula is C13H15N5O5. The van der Waals surface area contributed by atoms with Gasteiger partial charge in [-0.05, 0) is 6.92 Å². The minimum absolute atomic E-state index is 0.00903. The van der Waals surface area contributed by atoms with E-state index in [1.165, 1.54) is 17.8 Å². The van der Waals surface area contributed by atoms with Crippen molar-refractivity contribution in [2.75, 3.05) is 6.61 Å². The van der Waals surface area contributed by atoms with Gasteiger partial charge < -0.3 is 25.0 Å². The third kappa shape index (κ3) is 1.98. The standard InChI is InChI=1S/C13H15N5O5/c1-6(2-14)13(10(21)9(20)7(3-19)23-13)18-5-17-8-11(18)15-4-16-12(8)22/h4-7,9-10,19-21H,3H2,1H3,(H,15,16,22)/t6?,7-,9-,10-,13-/m1/s1. The zero-order valence-electron chi connectivity index (χ0n) is 12.1. The molecule has 0 bridgehead atoms. The molecule has 122 valence electrons. The highest BCUT2D eigenvalue weighted by atomic mass is 16.6. The van der Waals surface area contributed by atoms with Crippen molar-refractivity contribution in [1.29, 1.82) is 5.26 Å². The van der Waals surface area contributed by atoms with Crippen LogP contribution in [0.4, 0.5) is 0 Å². The van der Waals surface area contributed by atoms with E-state index < -0.39 is 42.1 Å². The van der Waals surface area contributed by atoms with Crippen molar-refractivity contribution in [3.63, 3.8) is 0 Å². The highest BCUT2D eigenvalue weighted by molar-refractivity contribution is 5.69. The molecule has 0 saturated carbocycles. The zero-order chi connectivity index (χ0) is 16.8. The Balaban J connectivity index is 2.27. The van der Waals surface area contributed by atoms with E-state index in [1.54, 1.807) is 0 Å². The Kier molecular flexibility index (Phi) is 3.65. The van der Waals surface area contributed by atoms with Gasteiger partial charge in [-0.2, -0.15) is 5.26 Å². The van der Waals surface area contributed by atoms with E-state index in [2.05, 4.69) is 15.0 Å². The predicted molar refractivity (Wildman–Crippen MR) is 74.9 cm³/mol. The van der Waals surface area contributed by atoms with Crippen molar-refractivity contribution >= 4 is 11.2 Å². The van der Waals surface area contributed by atoms with Gasteiger partial charge >= 0.3 is 0 Å². The summed E-state index contributed by atoms with van der Waals surface area (Å²) < 4.78 is 6.92. The van der Waals surface area contributed by atoms with Crippen LogP contribution in [-0.4, -0.2) is 59.8 Å². The molecule has 5 atom stereocenters. The van der Waals surface area contributed by atoms with Crippen LogP contribution in [0.15, 0.2) is 17.4 Å². The Bertz CT molecular complexity index is 826. The lowest BCUT2D eigenvalue weighted by Crippen LogP contribution is -2.50. The molecule has 3 heterocycles. The number of ether oxygens (including phenoxy) is 1. The van der Waals surface area contributed by atoms with Gasteiger partial charge in [0.15, 0.2) is 16.9 Å². The minimum Gasteiger partial charge on any atom is -0.394 e. The van der Waals surface area contributed by atoms with Gasteiger partial charge in [-0.25, -0.2) is 9.97 Å². The molecule has 0 aromatic carbocycles. The molecule has 1 saturated heterocycles. The average molecular weight is 321 g/mol. The first-order chi connectivity index (χ1) is 11.0. The molecule has 1 fully saturated rings. The lowest BCUT2D eigenvalue weighted by molar-refractivity contribution is -0.166. The molecule has 3 rings (SSSR count). The zero-order valence-corrected chi connectivity index (χ0v) is 12.1. The first-order valence-corrected chi connectivity index (χ1v) is 6.93. The number of fused-ring (bicyclic) bond motifs is 1. The Morgan fingerprint density at radius 2 is 2.30 bits per heavy atom. The maximum absolute atomic E-state index is 11.8. The highest BCUT2D eigenvalue weighted by Gasteiger charge is 2.59. The SMILES string of the molecule is CC(C#N)[C@@]1(n2cnc3c(=O)[nH]cnc32)O[C@H](CO)[C@@H](O)[C@H]1O. The van der Waals surface area contributed by atoms with Crippen LogP contribution < -0.4 is 5.56 Å². The molecule has 10 heteroatoms. The normalized spacial score (nSPS) is 32.0. The first-order valence-electron chi connectivity index (χ1n) is 6.93. The summed E-state index contributed by atoms with van der Waals surface area (Å²) in [7, 11) is 0. The Morgan fingerprint density at radius 3 is 2.91 bits per heavy atom. The maximum atomic E-state index is 11.8. The number of aliphatic hydroxyl groups excluding tert-OH is 3. The van der Waals surface area contributed by atoms with Gasteiger partial charge in [0, 0.05) is 0 Å². The molecule has 0 aliphatic carbocycles. The number of H-pyrrole nitrogens is 1. The van der Waals surface area contributed by atoms with Gasteiger partial charge in [-0.1, -0.05) is 0 Å². The number of hydrogen-bond donors (Lipinski definition) is 4. The van der Waals surface area contributed by atoms with Crippen LogP contribution in [0.5, 0.6) is 0 Å². The molecule has 0 amide bonds. The Hall–Kier alpha value is -2.32. The molecule has 1 unspecified atom stereocenters. The van der Waals surface area contributed by atoms with E-state index >= 15 is 0 Å². The fourth-order valence-corrected chi connectivity index (χ4v) is 2.94. The average Bonchev–Trinajstić information content (AvgIpc) is 3.09. The summed E-state index contributed by atoms with van der Waals surface area (Å²) in [5.41, 5.74) is -2.10. The Labute approximate surface area is 129 Å². The van der Waals surface area contributed by atoms with Crippen LogP contribution >= 0.6 is 0 Å². The summed E-state index contributed by atoms with van der Waals surface area (Å²) in [6, 6.07) is 1.97.